The minimum Gasteiger partial charge on any atom is -0.486 e. The van der Waals surface area contributed by atoms with Crippen molar-refractivity contribution in [3.8, 4) is 5.75 Å². The van der Waals surface area contributed by atoms with Crippen LogP contribution in [0.4, 0.5) is 0 Å². The van der Waals surface area contributed by atoms with Gasteiger partial charge >= 0.3 is 0 Å². The fourth-order valence-electron chi connectivity index (χ4n) is 4.09. The highest BCUT2D eigenvalue weighted by molar-refractivity contribution is 5.96. The molecular formula is C22H30N2O7. The predicted octanol–water partition coefficient (Wildman–Crippen LogP) is -0.179. The Balaban J connectivity index is 1.99. The van der Waals surface area contributed by atoms with Crippen LogP contribution in [-0.2, 0) is 19.1 Å². The summed E-state index contributed by atoms with van der Waals surface area (Å²) >= 11 is 0. The topological polar surface area (TPSA) is 118 Å². The zero-order valence-corrected chi connectivity index (χ0v) is 17.8. The number of para-hydroxylation sites is 1. The van der Waals surface area contributed by atoms with E-state index < -0.39 is 24.2 Å². The van der Waals surface area contributed by atoms with E-state index in [1.807, 2.05) is 18.2 Å². The van der Waals surface area contributed by atoms with E-state index in [1.54, 1.807) is 19.1 Å². The Labute approximate surface area is 181 Å². The van der Waals surface area contributed by atoms with Gasteiger partial charge in [-0.3, -0.25) is 9.59 Å². The first-order chi connectivity index (χ1) is 15.0. The highest BCUT2D eigenvalue weighted by atomic mass is 16.5. The maximum Gasteiger partial charge on any atom is 0.249 e. The van der Waals surface area contributed by atoms with E-state index in [9.17, 15) is 14.7 Å². The molecule has 0 spiro atoms. The fourth-order valence-corrected chi connectivity index (χ4v) is 4.09. The maximum absolute atomic E-state index is 13.0. The number of carbonyl (C=O) groups excluding carboxylic acids is 2. The lowest BCUT2D eigenvalue weighted by Crippen LogP contribution is -2.57. The van der Waals surface area contributed by atoms with Crippen molar-refractivity contribution in [2.45, 2.75) is 31.1 Å². The summed E-state index contributed by atoms with van der Waals surface area (Å²) in [4.78, 5) is 27.3. The Morgan fingerprint density at radius 3 is 2.77 bits per heavy atom. The highest BCUT2D eigenvalue weighted by Crippen LogP contribution is 2.47. The van der Waals surface area contributed by atoms with Crippen molar-refractivity contribution < 1.29 is 34.0 Å². The van der Waals surface area contributed by atoms with Gasteiger partial charge in [0.1, 0.15) is 24.6 Å². The molecule has 2 amide bonds. The van der Waals surface area contributed by atoms with Gasteiger partial charge in [0.25, 0.3) is 0 Å². The van der Waals surface area contributed by atoms with Crippen molar-refractivity contribution >= 4 is 11.8 Å². The van der Waals surface area contributed by atoms with Gasteiger partial charge in [0.05, 0.1) is 25.2 Å². The van der Waals surface area contributed by atoms with E-state index in [0.29, 0.717) is 17.9 Å². The molecule has 0 saturated heterocycles. The van der Waals surface area contributed by atoms with E-state index in [4.69, 9.17) is 19.3 Å². The molecule has 4 atom stereocenters. The largest absolute Gasteiger partial charge is 0.486 e. The third-order valence-corrected chi connectivity index (χ3v) is 5.52. The van der Waals surface area contributed by atoms with Gasteiger partial charge in [-0.1, -0.05) is 18.2 Å². The molecule has 31 heavy (non-hydrogen) atoms. The van der Waals surface area contributed by atoms with Gasteiger partial charge in [-0.25, -0.2) is 0 Å². The fraction of sp³-hybridized carbons (Fsp3) is 0.545. The average Bonchev–Trinajstić information content (AvgIpc) is 3.17. The normalized spacial score (nSPS) is 23.9. The molecule has 1 aliphatic heterocycles. The molecule has 1 heterocycles. The molecule has 1 aliphatic carbocycles. The van der Waals surface area contributed by atoms with Gasteiger partial charge in [-0.15, -0.1) is 0 Å². The summed E-state index contributed by atoms with van der Waals surface area (Å²) in [5.74, 6) is -0.567. The van der Waals surface area contributed by atoms with E-state index in [2.05, 4.69) is 5.32 Å². The lowest BCUT2D eigenvalue weighted by molar-refractivity contribution is -0.142. The number of carbonyl (C=O) groups is 2. The predicted molar refractivity (Wildman–Crippen MR) is 112 cm³/mol. The third-order valence-electron chi connectivity index (χ3n) is 5.52. The van der Waals surface area contributed by atoms with Crippen LogP contribution in [-0.4, -0.2) is 91.8 Å². The second-order valence-electron chi connectivity index (χ2n) is 7.40. The van der Waals surface area contributed by atoms with E-state index in [0.717, 1.165) is 5.56 Å². The average molecular weight is 434 g/mol. The van der Waals surface area contributed by atoms with Crippen LogP contribution in [0.25, 0.3) is 0 Å². The summed E-state index contributed by atoms with van der Waals surface area (Å²) in [7, 11) is 1.53. The lowest BCUT2D eigenvalue weighted by atomic mass is 9.77. The Hall–Kier alpha value is -2.46. The molecule has 0 radical (unpaired) electrons. The molecule has 0 saturated carbocycles. The number of ether oxygens (including phenoxy) is 3. The van der Waals surface area contributed by atoms with Crippen molar-refractivity contribution in [2.24, 2.45) is 0 Å². The molecule has 4 unspecified atom stereocenters. The minimum absolute atomic E-state index is 0.0972. The minimum atomic E-state index is -1.06. The van der Waals surface area contributed by atoms with Crippen molar-refractivity contribution in [3.05, 3.63) is 41.5 Å². The second kappa shape index (κ2) is 10.7. The number of methoxy groups -OCH3 is 1. The highest BCUT2D eigenvalue weighted by Gasteiger charge is 2.50. The Morgan fingerprint density at radius 1 is 1.29 bits per heavy atom. The number of aliphatic hydroxyl groups is 2. The molecule has 9 nitrogen and oxygen atoms in total. The molecule has 9 heteroatoms. The maximum atomic E-state index is 13.0. The van der Waals surface area contributed by atoms with Crippen LogP contribution in [0.5, 0.6) is 5.75 Å². The molecule has 0 aromatic heterocycles. The van der Waals surface area contributed by atoms with Gasteiger partial charge in [-0.2, -0.15) is 0 Å². The molecule has 0 bridgehead atoms. The number of aliphatic hydroxyl groups excluding tert-OH is 2. The zero-order valence-electron chi connectivity index (χ0n) is 17.8. The van der Waals surface area contributed by atoms with Crippen molar-refractivity contribution in [1.82, 2.24) is 10.2 Å². The van der Waals surface area contributed by atoms with Crippen LogP contribution in [0.1, 0.15) is 18.4 Å². The van der Waals surface area contributed by atoms with Crippen molar-refractivity contribution in [1.29, 1.82) is 0 Å². The van der Waals surface area contributed by atoms with E-state index in [-0.39, 0.29) is 44.7 Å². The van der Waals surface area contributed by atoms with Crippen LogP contribution in [0.15, 0.2) is 35.9 Å². The van der Waals surface area contributed by atoms with Crippen LogP contribution >= 0.6 is 0 Å². The van der Waals surface area contributed by atoms with Crippen LogP contribution in [0.3, 0.4) is 0 Å². The van der Waals surface area contributed by atoms with Gasteiger partial charge in [0, 0.05) is 37.9 Å². The first-order valence-electron chi connectivity index (χ1n) is 10.4. The third kappa shape index (κ3) is 4.90. The monoisotopic (exact) mass is 434 g/mol. The van der Waals surface area contributed by atoms with Gasteiger partial charge in [0.2, 0.25) is 11.8 Å². The second-order valence-corrected chi connectivity index (χ2v) is 7.40. The van der Waals surface area contributed by atoms with E-state index in [1.165, 1.54) is 12.0 Å². The molecular weight excluding hydrogens is 404 g/mol. The van der Waals surface area contributed by atoms with Crippen LogP contribution in [0.2, 0.25) is 0 Å². The lowest BCUT2D eigenvalue weighted by Gasteiger charge is -2.40. The molecule has 3 rings (SSSR count). The summed E-state index contributed by atoms with van der Waals surface area (Å²) in [5.41, 5.74) is 1.20. The van der Waals surface area contributed by atoms with Gasteiger partial charge in [0.15, 0.2) is 0 Å². The summed E-state index contributed by atoms with van der Waals surface area (Å²) in [5, 5.41) is 23.0. The Bertz CT molecular complexity index is 813. The van der Waals surface area contributed by atoms with Crippen molar-refractivity contribution in [3.63, 3.8) is 0 Å². The number of amides is 2. The van der Waals surface area contributed by atoms with Crippen LogP contribution < -0.4 is 10.1 Å². The van der Waals surface area contributed by atoms with Crippen LogP contribution in [0, 0.1) is 0 Å². The first kappa shape index (κ1) is 23.2. The number of hydrogen-bond acceptors (Lipinski definition) is 7. The SMILES string of the molecule is CCOCC(=O)N(CCOC)C1C=C(C(=O)NCCO)C2c3ccccc3OC2C1O. The first-order valence-corrected chi connectivity index (χ1v) is 10.4. The summed E-state index contributed by atoms with van der Waals surface area (Å²) in [6, 6.07) is 6.53. The quantitative estimate of drug-likeness (QED) is 0.468. The standard InChI is InChI=1S/C22H30N2O7/c1-3-30-13-18(26)24(9-11-29-2)16-12-15(22(28)23-8-10-25)19-14-6-4-5-7-17(14)31-21(19)20(16)27/h4-7,12,16,19-21,25,27H,3,8-11,13H2,1-2H3,(H,23,28). The number of fused-ring (bicyclic) bond motifs is 3. The molecule has 1 aromatic rings. The molecule has 3 N–H and O–H groups in total. The Kier molecular flexibility index (Phi) is 8.03. The zero-order chi connectivity index (χ0) is 22.4. The number of nitrogens with one attached hydrogen (secondary N) is 1. The van der Waals surface area contributed by atoms with Gasteiger partial charge < -0.3 is 34.6 Å². The smallest absolute Gasteiger partial charge is 0.249 e. The molecule has 1 aromatic carbocycles. The molecule has 2 aliphatic rings. The summed E-state index contributed by atoms with van der Waals surface area (Å²) < 4.78 is 16.4. The van der Waals surface area contributed by atoms with E-state index >= 15 is 0 Å². The summed E-state index contributed by atoms with van der Waals surface area (Å²) in [6.45, 7) is 2.41. The molecule has 0 fully saturated rings. The van der Waals surface area contributed by atoms with Gasteiger partial charge in [-0.05, 0) is 19.1 Å². The number of nitrogens with zero attached hydrogens (tertiary/aromatic N) is 1. The molecule has 170 valence electrons. The number of hydrogen-bond donors (Lipinski definition) is 3. The van der Waals surface area contributed by atoms with Crippen molar-refractivity contribution in [2.75, 3.05) is 46.6 Å². The Morgan fingerprint density at radius 2 is 2.06 bits per heavy atom. The number of benzene rings is 1. The summed E-state index contributed by atoms with van der Waals surface area (Å²) in [6.07, 6.45) is -0.162. The number of rotatable bonds is 10.